The summed E-state index contributed by atoms with van der Waals surface area (Å²) in [6.07, 6.45) is 1.95. The molecule has 1 aliphatic rings. The van der Waals surface area contributed by atoms with Gasteiger partial charge in [0.2, 0.25) is 0 Å². The molecule has 0 radical (unpaired) electrons. The van der Waals surface area contributed by atoms with Gasteiger partial charge in [-0.25, -0.2) is 4.79 Å². The lowest BCUT2D eigenvalue weighted by molar-refractivity contribution is -0.00926. The standard InChI is InChI=1S/C21H28N2O3S/c1-16-5-7-17(8-6-16)20(19-4-3-15-27-19)22-21(24)23-11-9-18(10-12-23)26-14-13-25-2/h3-8,15,18,20H,9-14H2,1-2H3,(H,22,24). The summed E-state index contributed by atoms with van der Waals surface area (Å²) < 4.78 is 10.8. The van der Waals surface area contributed by atoms with Crippen LogP contribution in [0.15, 0.2) is 41.8 Å². The Morgan fingerprint density at radius 1 is 1.22 bits per heavy atom. The van der Waals surface area contributed by atoms with Crippen molar-refractivity contribution in [1.29, 1.82) is 0 Å². The molecule has 1 saturated heterocycles. The summed E-state index contributed by atoms with van der Waals surface area (Å²) in [6, 6.07) is 12.3. The van der Waals surface area contributed by atoms with E-state index in [0.29, 0.717) is 26.3 Å². The van der Waals surface area contributed by atoms with Crippen LogP contribution in [0.5, 0.6) is 0 Å². The monoisotopic (exact) mass is 388 g/mol. The van der Waals surface area contributed by atoms with Gasteiger partial charge in [-0.15, -0.1) is 11.3 Å². The fourth-order valence-corrected chi connectivity index (χ4v) is 4.07. The summed E-state index contributed by atoms with van der Waals surface area (Å²) >= 11 is 1.67. The zero-order valence-electron chi connectivity index (χ0n) is 16.0. The van der Waals surface area contributed by atoms with Gasteiger partial charge in [-0.1, -0.05) is 35.9 Å². The van der Waals surface area contributed by atoms with Gasteiger partial charge in [0.15, 0.2) is 0 Å². The van der Waals surface area contributed by atoms with E-state index < -0.39 is 0 Å². The molecule has 0 bridgehead atoms. The summed E-state index contributed by atoms with van der Waals surface area (Å²) in [4.78, 5) is 15.9. The molecule has 1 aromatic carbocycles. The number of ether oxygens (including phenoxy) is 2. The molecule has 0 spiro atoms. The SMILES string of the molecule is COCCOC1CCN(C(=O)NC(c2ccc(C)cc2)c2cccs2)CC1. The van der Waals surface area contributed by atoms with Crippen molar-refractivity contribution in [2.45, 2.75) is 31.9 Å². The fourth-order valence-electron chi connectivity index (χ4n) is 3.27. The van der Waals surface area contributed by atoms with Crippen LogP contribution in [0.1, 0.15) is 34.9 Å². The molecule has 146 valence electrons. The van der Waals surface area contributed by atoms with Crippen molar-refractivity contribution in [3.63, 3.8) is 0 Å². The second kappa shape index (κ2) is 9.88. The van der Waals surface area contributed by atoms with Crippen molar-refractivity contribution < 1.29 is 14.3 Å². The Morgan fingerprint density at radius 2 is 1.96 bits per heavy atom. The first-order valence-corrected chi connectivity index (χ1v) is 10.3. The second-order valence-electron chi connectivity index (χ2n) is 6.86. The van der Waals surface area contributed by atoms with Gasteiger partial charge < -0.3 is 19.7 Å². The molecule has 1 aliphatic heterocycles. The fraction of sp³-hybridized carbons (Fsp3) is 0.476. The largest absolute Gasteiger partial charge is 0.382 e. The Hall–Kier alpha value is -1.89. The average Bonchev–Trinajstić information content (AvgIpc) is 3.22. The van der Waals surface area contributed by atoms with Crippen LogP contribution in [-0.2, 0) is 9.47 Å². The van der Waals surface area contributed by atoms with Crippen molar-refractivity contribution in [3.8, 4) is 0 Å². The smallest absolute Gasteiger partial charge is 0.318 e. The molecule has 27 heavy (non-hydrogen) atoms. The molecule has 1 aromatic heterocycles. The molecule has 2 aromatic rings. The highest BCUT2D eigenvalue weighted by Gasteiger charge is 2.26. The number of rotatable bonds is 7. The van der Waals surface area contributed by atoms with E-state index in [9.17, 15) is 4.79 Å². The molecule has 3 rings (SSSR count). The molecule has 2 amide bonds. The van der Waals surface area contributed by atoms with Crippen molar-refractivity contribution in [1.82, 2.24) is 10.2 Å². The van der Waals surface area contributed by atoms with Gasteiger partial charge in [0.05, 0.1) is 25.4 Å². The maximum Gasteiger partial charge on any atom is 0.318 e. The molecule has 1 N–H and O–H groups in total. The Kier molecular flexibility index (Phi) is 7.26. The van der Waals surface area contributed by atoms with Crippen LogP contribution in [0, 0.1) is 6.92 Å². The predicted molar refractivity (Wildman–Crippen MR) is 108 cm³/mol. The van der Waals surface area contributed by atoms with E-state index in [2.05, 4.69) is 42.6 Å². The summed E-state index contributed by atoms with van der Waals surface area (Å²) in [5.74, 6) is 0. The number of aryl methyl sites for hydroxylation is 1. The topological polar surface area (TPSA) is 50.8 Å². The molecule has 0 saturated carbocycles. The molecular weight excluding hydrogens is 360 g/mol. The van der Waals surface area contributed by atoms with Crippen molar-refractivity contribution in [3.05, 3.63) is 57.8 Å². The quantitative estimate of drug-likeness (QED) is 0.730. The zero-order chi connectivity index (χ0) is 19.1. The van der Waals surface area contributed by atoms with E-state index in [1.807, 2.05) is 16.3 Å². The lowest BCUT2D eigenvalue weighted by atomic mass is 10.0. The number of carbonyl (C=O) groups excluding carboxylic acids is 1. The molecule has 1 fully saturated rings. The van der Waals surface area contributed by atoms with Crippen LogP contribution in [0.25, 0.3) is 0 Å². The molecule has 1 unspecified atom stereocenters. The van der Waals surface area contributed by atoms with Crippen LogP contribution in [0.4, 0.5) is 4.79 Å². The summed E-state index contributed by atoms with van der Waals surface area (Å²) in [5.41, 5.74) is 2.32. The Balaban J connectivity index is 1.60. The first-order valence-electron chi connectivity index (χ1n) is 9.43. The molecule has 1 atom stereocenters. The number of piperidine rings is 1. The van der Waals surface area contributed by atoms with Gasteiger partial charge in [0.1, 0.15) is 0 Å². The number of nitrogens with one attached hydrogen (secondary N) is 1. The third kappa shape index (κ3) is 5.54. The van der Waals surface area contributed by atoms with Gasteiger partial charge in [-0.3, -0.25) is 0 Å². The van der Waals surface area contributed by atoms with Crippen molar-refractivity contribution >= 4 is 17.4 Å². The van der Waals surface area contributed by atoms with Crippen LogP contribution >= 0.6 is 11.3 Å². The Morgan fingerprint density at radius 3 is 2.59 bits per heavy atom. The minimum Gasteiger partial charge on any atom is -0.382 e. The number of amides is 2. The van der Waals surface area contributed by atoms with Gasteiger partial charge >= 0.3 is 6.03 Å². The number of nitrogens with zero attached hydrogens (tertiary/aromatic N) is 1. The lowest BCUT2D eigenvalue weighted by Gasteiger charge is -2.33. The van der Waals surface area contributed by atoms with Gasteiger partial charge in [0.25, 0.3) is 0 Å². The second-order valence-corrected chi connectivity index (χ2v) is 7.84. The van der Waals surface area contributed by atoms with Crippen LogP contribution in [0.2, 0.25) is 0 Å². The highest BCUT2D eigenvalue weighted by molar-refractivity contribution is 7.10. The highest BCUT2D eigenvalue weighted by atomic mass is 32.1. The van der Waals surface area contributed by atoms with Crippen molar-refractivity contribution in [2.75, 3.05) is 33.4 Å². The van der Waals surface area contributed by atoms with E-state index in [1.54, 1.807) is 18.4 Å². The molecular formula is C21H28N2O3S. The van der Waals surface area contributed by atoms with E-state index in [0.717, 1.165) is 23.3 Å². The number of hydrogen-bond acceptors (Lipinski definition) is 4. The average molecular weight is 389 g/mol. The maximum atomic E-state index is 12.9. The lowest BCUT2D eigenvalue weighted by Crippen LogP contribution is -2.47. The van der Waals surface area contributed by atoms with E-state index in [-0.39, 0.29) is 18.2 Å². The summed E-state index contributed by atoms with van der Waals surface area (Å²) in [7, 11) is 1.67. The number of hydrogen-bond donors (Lipinski definition) is 1. The van der Waals surface area contributed by atoms with Crippen LogP contribution in [-0.4, -0.2) is 50.4 Å². The molecule has 2 heterocycles. The highest BCUT2D eigenvalue weighted by Crippen LogP contribution is 2.27. The van der Waals surface area contributed by atoms with Crippen LogP contribution in [0.3, 0.4) is 0 Å². The molecule has 6 heteroatoms. The number of carbonyl (C=O) groups is 1. The third-order valence-electron chi connectivity index (χ3n) is 4.88. The number of benzene rings is 1. The zero-order valence-corrected chi connectivity index (χ0v) is 16.8. The minimum atomic E-state index is -0.117. The predicted octanol–water partition coefficient (Wildman–Crippen LogP) is 3.98. The first-order chi connectivity index (χ1) is 13.2. The number of likely N-dealkylation sites (tertiary alicyclic amines) is 1. The Labute approximate surface area is 165 Å². The minimum absolute atomic E-state index is 0.00989. The van der Waals surface area contributed by atoms with E-state index in [1.165, 1.54) is 5.56 Å². The molecule has 5 nitrogen and oxygen atoms in total. The van der Waals surface area contributed by atoms with Gasteiger partial charge in [-0.05, 0) is 36.8 Å². The Bertz CT molecular complexity index is 695. The van der Waals surface area contributed by atoms with Gasteiger partial charge in [-0.2, -0.15) is 0 Å². The van der Waals surface area contributed by atoms with Crippen LogP contribution < -0.4 is 5.32 Å². The summed E-state index contributed by atoms with van der Waals surface area (Å²) in [5, 5.41) is 5.28. The normalized spacial score (nSPS) is 16.3. The molecule has 0 aliphatic carbocycles. The number of methoxy groups -OCH3 is 1. The summed E-state index contributed by atoms with van der Waals surface area (Å²) in [6.45, 7) is 4.73. The van der Waals surface area contributed by atoms with Gasteiger partial charge in [0, 0.05) is 25.1 Å². The maximum absolute atomic E-state index is 12.9. The first kappa shape index (κ1) is 19.9. The van der Waals surface area contributed by atoms with Crippen molar-refractivity contribution in [2.24, 2.45) is 0 Å². The number of thiophene rings is 1. The van der Waals surface area contributed by atoms with E-state index >= 15 is 0 Å². The van der Waals surface area contributed by atoms with E-state index in [4.69, 9.17) is 9.47 Å². The third-order valence-corrected chi connectivity index (χ3v) is 5.81. The number of urea groups is 1.